The van der Waals surface area contributed by atoms with E-state index in [0.29, 0.717) is 0 Å². The van der Waals surface area contributed by atoms with Crippen molar-refractivity contribution in [1.29, 1.82) is 0 Å². The first-order chi connectivity index (χ1) is 18.6. The first-order valence-electron chi connectivity index (χ1n) is 11.8. The van der Waals surface area contributed by atoms with Crippen LogP contribution in [0.15, 0.2) is 91.0 Å². The molecule has 1 saturated heterocycles. The van der Waals surface area contributed by atoms with Crippen LogP contribution in [-0.2, 0) is 28.0 Å². The molecule has 12 heteroatoms. The summed E-state index contributed by atoms with van der Waals surface area (Å²) in [5, 5.41) is 0. The lowest BCUT2D eigenvalue weighted by Gasteiger charge is -2.43. The van der Waals surface area contributed by atoms with Crippen molar-refractivity contribution in [3.63, 3.8) is 0 Å². The SMILES string of the molecule is C[C@@H]1O[C@H](OP(=O)(O)O)[C@@H](OC(=O)c2ccccc2)[C@H](OC(=O)c2ccccc2)[C@@H]1OC(=O)c1ccccc1. The van der Waals surface area contributed by atoms with E-state index in [9.17, 15) is 28.7 Å². The van der Waals surface area contributed by atoms with Crippen molar-refractivity contribution in [2.24, 2.45) is 0 Å². The highest BCUT2D eigenvalue weighted by molar-refractivity contribution is 7.46. The van der Waals surface area contributed by atoms with E-state index in [1.807, 2.05) is 0 Å². The fraction of sp³-hybridized carbons (Fsp3) is 0.222. The Bertz CT molecular complexity index is 1330. The Balaban J connectivity index is 1.72. The van der Waals surface area contributed by atoms with E-state index in [1.54, 1.807) is 54.6 Å². The van der Waals surface area contributed by atoms with Gasteiger partial charge in [0, 0.05) is 0 Å². The molecule has 3 aromatic rings. The van der Waals surface area contributed by atoms with Crippen LogP contribution in [0.3, 0.4) is 0 Å². The number of carbonyl (C=O) groups is 3. The summed E-state index contributed by atoms with van der Waals surface area (Å²) in [7, 11) is -5.19. The van der Waals surface area contributed by atoms with Gasteiger partial charge in [-0.05, 0) is 43.3 Å². The second-order valence-electron chi connectivity index (χ2n) is 8.51. The molecular weight excluding hydrogens is 531 g/mol. The molecule has 3 aromatic carbocycles. The van der Waals surface area contributed by atoms with Gasteiger partial charge >= 0.3 is 25.7 Å². The lowest BCUT2D eigenvalue weighted by atomic mass is 9.98. The number of phosphoric acid groups is 1. The number of ether oxygens (including phenoxy) is 4. The van der Waals surface area contributed by atoms with Crippen molar-refractivity contribution < 1.29 is 52.2 Å². The first kappa shape index (κ1) is 28.2. The molecule has 1 aliphatic heterocycles. The Morgan fingerprint density at radius 3 is 1.38 bits per heavy atom. The Kier molecular flexibility index (Phi) is 8.90. The summed E-state index contributed by atoms with van der Waals surface area (Å²) < 4.78 is 39.1. The Morgan fingerprint density at radius 2 is 1.00 bits per heavy atom. The maximum Gasteiger partial charge on any atom is 0.472 e. The predicted octanol–water partition coefficient (Wildman–Crippen LogP) is 3.52. The average Bonchev–Trinajstić information content (AvgIpc) is 2.93. The molecule has 1 aliphatic rings. The van der Waals surface area contributed by atoms with E-state index in [-0.39, 0.29) is 16.7 Å². The van der Waals surface area contributed by atoms with Gasteiger partial charge < -0.3 is 28.7 Å². The minimum Gasteiger partial charge on any atom is -0.452 e. The fourth-order valence-electron chi connectivity index (χ4n) is 3.91. The highest BCUT2D eigenvalue weighted by atomic mass is 31.2. The third-order valence-corrected chi connectivity index (χ3v) is 6.21. The zero-order valence-electron chi connectivity index (χ0n) is 20.6. The number of hydrogen-bond acceptors (Lipinski definition) is 9. The van der Waals surface area contributed by atoms with E-state index < -0.39 is 56.4 Å². The standard InChI is InChI=1S/C27H25O11P/c1-17-21(35-24(28)18-11-5-2-6-12-18)22(36-25(29)19-13-7-3-8-14-19)23(27(34-17)38-39(31,32)33)37-26(30)20-15-9-4-10-16-20/h2-17,21-23,27H,1H3,(H2,31,32,33)/t17-,21+,22+,23-,27+/m0/s1. The molecule has 0 bridgehead atoms. The summed E-state index contributed by atoms with van der Waals surface area (Å²) in [6, 6.07) is 23.5. The van der Waals surface area contributed by atoms with Gasteiger partial charge in [0.05, 0.1) is 22.8 Å². The van der Waals surface area contributed by atoms with Gasteiger partial charge in [0.15, 0.2) is 18.3 Å². The molecule has 0 aliphatic carbocycles. The fourth-order valence-corrected chi connectivity index (χ4v) is 4.35. The van der Waals surface area contributed by atoms with Crippen molar-refractivity contribution >= 4 is 25.7 Å². The number of hydrogen-bond donors (Lipinski definition) is 2. The van der Waals surface area contributed by atoms with E-state index in [1.165, 1.54) is 43.3 Å². The largest absolute Gasteiger partial charge is 0.472 e. The van der Waals surface area contributed by atoms with Gasteiger partial charge in [0.1, 0.15) is 0 Å². The van der Waals surface area contributed by atoms with E-state index in [2.05, 4.69) is 0 Å². The van der Waals surface area contributed by atoms with Crippen LogP contribution in [-0.4, -0.2) is 58.4 Å². The molecule has 39 heavy (non-hydrogen) atoms. The maximum absolute atomic E-state index is 13.1. The van der Waals surface area contributed by atoms with Crippen molar-refractivity contribution in [2.45, 2.75) is 37.6 Å². The Morgan fingerprint density at radius 1 is 0.641 bits per heavy atom. The number of rotatable bonds is 8. The van der Waals surface area contributed by atoms with Crippen LogP contribution in [0.4, 0.5) is 0 Å². The normalized spacial score (nSPS) is 22.9. The minimum atomic E-state index is -5.19. The first-order valence-corrected chi connectivity index (χ1v) is 13.3. The quantitative estimate of drug-likeness (QED) is 0.238. The van der Waals surface area contributed by atoms with Crippen LogP contribution in [0.1, 0.15) is 38.0 Å². The molecule has 0 radical (unpaired) electrons. The molecule has 0 unspecified atom stereocenters. The lowest BCUT2D eigenvalue weighted by Crippen LogP contribution is -2.61. The van der Waals surface area contributed by atoms with Crippen molar-refractivity contribution in [1.82, 2.24) is 0 Å². The molecule has 4 rings (SSSR count). The van der Waals surface area contributed by atoms with E-state index in [4.69, 9.17) is 23.5 Å². The van der Waals surface area contributed by atoms with Crippen LogP contribution in [0.2, 0.25) is 0 Å². The van der Waals surface area contributed by atoms with Crippen LogP contribution in [0.25, 0.3) is 0 Å². The number of esters is 3. The van der Waals surface area contributed by atoms with Gasteiger partial charge in [-0.2, -0.15) is 0 Å². The second kappa shape index (κ2) is 12.3. The van der Waals surface area contributed by atoms with Crippen LogP contribution >= 0.6 is 7.82 Å². The van der Waals surface area contributed by atoms with Crippen LogP contribution in [0.5, 0.6) is 0 Å². The Labute approximate surface area is 223 Å². The smallest absolute Gasteiger partial charge is 0.452 e. The summed E-state index contributed by atoms with van der Waals surface area (Å²) in [5.41, 5.74) is 0.409. The molecule has 0 spiro atoms. The summed E-state index contributed by atoms with van der Waals surface area (Å²) >= 11 is 0. The van der Waals surface area contributed by atoms with Gasteiger partial charge in [0.2, 0.25) is 6.29 Å². The zero-order valence-corrected chi connectivity index (χ0v) is 21.5. The topological polar surface area (TPSA) is 155 Å². The third kappa shape index (κ3) is 7.38. The van der Waals surface area contributed by atoms with Crippen LogP contribution in [0, 0.1) is 0 Å². The molecule has 11 nitrogen and oxygen atoms in total. The molecule has 1 fully saturated rings. The second-order valence-corrected chi connectivity index (χ2v) is 9.71. The van der Waals surface area contributed by atoms with Gasteiger partial charge in [-0.3, -0.25) is 4.52 Å². The number of benzene rings is 3. The summed E-state index contributed by atoms with van der Waals surface area (Å²) in [5.74, 6) is -2.59. The lowest BCUT2D eigenvalue weighted by molar-refractivity contribution is -0.269. The number of phosphoric ester groups is 1. The summed E-state index contributed by atoms with van der Waals surface area (Å²) in [6.45, 7) is 1.43. The molecule has 5 atom stereocenters. The zero-order chi connectivity index (χ0) is 28.0. The van der Waals surface area contributed by atoms with Gasteiger partial charge in [0.25, 0.3) is 0 Å². The maximum atomic E-state index is 13.1. The molecule has 2 N–H and O–H groups in total. The van der Waals surface area contributed by atoms with Crippen molar-refractivity contribution in [3.8, 4) is 0 Å². The van der Waals surface area contributed by atoms with Crippen molar-refractivity contribution in [2.75, 3.05) is 0 Å². The molecular formula is C27H25O11P. The average molecular weight is 556 g/mol. The van der Waals surface area contributed by atoms with Crippen LogP contribution < -0.4 is 0 Å². The van der Waals surface area contributed by atoms with E-state index in [0.717, 1.165) is 0 Å². The molecule has 0 amide bonds. The minimum absolute atomic E-state index is 0.0945. The molecule has 1 heterocycles. The molecule has 204 valence electrons. The number of carbonyl (C=O) groups excluding carboxylic acids is 3. The predicted molar refractivity (Wildman–Crippen MR) is 134 cm³/mol. The van der Waals surface area contributed by atoms with E-state index >= 15 is 0 Å². The van der Waals surface area contributed by atoms with Gasteiger partial charge in [-0.1, -0.05) is 54.6 Å². The van der Waals surface area contributed by atoms with Gasteiger partial charge in [-0.25, -0.2) is 18.9 Å². The summed E-state index contributed by atoms with van der Waals surface area (Å²) in [6.07, 6.45) is -7.69. The molecule has 0 saturated carbocycles. The summed E-state index contributed by atoms with van der Waals surface area (Å²) in [4.78, 5) is 58.0. The third-order valence-electron chi connectivity index (χ3n) is 5.73. The van der Waals surface area contributed by atoms with Gasteiger partial charge in [-0.15, -0.1) is 0 Å². The monoisotopic (exact) mass is 556 g/mol. The van der Waals surface area contributed by atoms with Crippen molar-refractivity contribution in [3.05, 3.63) is 108 Å². The highest BCUT2D eigenvalue weighted by Crippen LogP contribution is 2.42. The molecule has 0 aromatic heterocycles. The Hall–Kier alpha value is -3.86. The highest BCUT2D eigenvalue weighted by Gasteiger charge is 2.53.